The Kier molecular flexibility index (Phi) is 4.92. The standard InChI is InChI=1S/C24H24N4O4/c29-20(25-19-10-4-2-8-17(19)21(30)27-13-5-6-14-27)15-28-22(31)24(26-23(28)32)12-11-16-7-1-3-9-18(16)24/h1-4,7-10H,5-6,11-15H2,(H,25,29)(H,26,32)/t24-/m0/s1. The molecule has 0 bridgehead atoms. The van der Waals surface area contributed by atoms with Gasteiger partial charge < -0.3 is 15.5 Å². The van der Waals surface area contributed by atoms with E-state index in [1.807, 2.05) is 24.3 Å². The minimum absolute atomic E-state index is 0.130. The van der Waals surface area contributed by atoms with Gasteiger partial charge in [0.05, 0.1) is 11.3 Å². The summed E-state index contributed by atoms with van der Waals surface area (Å²) in [5.74, 6) is -1.07. The zero-order valence-corrected chi connectivity index (χ0v) is 17.6. The number of carbonyl (C=O) groups excluding carboxylic acids is 4. The van der Waals surface area contributed by atoms with Crippen molar-refractivity contribution >= 4 is 29.4 Å². The molecule has 0 saturated carbocycles. The highest BCUT2D eigenvalue weighted by molar-refractivity contribution is 6.11. The van der Waals surface area contributed by atoms with Crippen molar-refractivity contribution in [3.05, 3.63) is 65.2 Å². The maximum Gasteiger partial charge on any atom is 0.325 e. The van der Waals surface area contributed by atoms with E-state index in [0.29, 0.717) is 37.2 Å². The lowest BCUT2D eigenvalue weighted by Gasteiger charge is -2.22. The van der Waals surface area contributed by atoms with Crippen LogP contribution < -0.4 is 10.6 Å². The van der Waals surface area contributed by atoms with Gasteiger partial charge in [0.25, 0.3) is 11.8 Å². The van der Waals surface area contributed by atoms with Crippen molar-refractivity contribution in [3.63, 3.8) is 0 Å². The van der Waals surface area contributed by atoms with E-state index >= 15 is 0 Å². The SMILES string of the molecule is O=C(CN1C(=O)N[C@]2(CCc3ccccc32)C1=O)Nc1ccccc1C(=O)N1CCCC1. The number of urea groups is 1. The lowest BCUT2D eigenvalue weighted by Crippen LogP contribution is -2.43. The largest absolute Gasteiger partial charge is 0.339 e. The average Bonchev–Trinajstić information content (AvgIpc) is 3.51. The van der Waals surface area contributed by atoms with Crippen LogP contribution in [0.1, 0.15) is 40.7 Å². The number of hydrogen-bond acceptors (Lipinski definition) is 4. The highest BCUT2D eigenvalue weighted by Crippen LogP contribution is 2.41. The second-order valence-corrected chi connectivity index (χ2v) is 8.48. The fourth-order valence-electron chi connectivity index (χ4n) is 4.94. The molecule has 1 aliphatic carbocycles. The number of para-hydroxylation sites is 1. The molecule has 2 aliphatic heterocycles. The van der Waals surface area contributed by atoms with Crippen LogP contribution in [0.2, 0.25) is 0 Å². The summed E-state index contributed by atoms with van der Waals surface area (Å²) in [6.45, 7) is 0.987. The summed E-state index contributed by atoms with van der Waals surface area (Å²) in [5.41, 5.74) is 1.51. The van der Waals surface area contributed by atoms with E-state index in [1.54, 1.807) is 29.2 Å². The van der Waals surface area contributed by atoms with Crippen molar-refractivity contribution in [2.24, 2.45) is 0 Å². The molecule has 5 amide bonds. The van der Waals surface area contributed by atoms with Crippen LogP contribution in [-0.2, 0) is 21.5 Å². The van der Waals surface area contributed by atoms with Crippen LogP contribution in [-0.4, -0.2) is 53.2 Å². The first-order valence-corrected chi connectivity index (χ1v) is 10.9. The molecule has 2 fully saturated rings. The zero-order chi connectivity index (χ0) is 22.3. The van der Waals surface area contributed by atoms with Crippen LogP contribution >= 0.6 is 0 Å². The number of likely N-dealkylation sites (tertiary alicyclic amines) is 1. The molecule has 2 aromatic rings. The predicted octanol–water partition coefficient (Wildman–Crippen LogP) is 2.25. The Morgan fingerprint density at radius 3 is 2.53 bits per heavy atom. The van der Waals surface area contributed by atoms with Gasteiger partial charge in [0.15, 0.2) is 0 Å². The third-order valence-corrected chi connectivity index (χ3v) is 6.55. The first-order valence-electron chi connectivity index (χ1n) is 10.9. The van der Waals surface area contributed by atoms with Gasteiger partial charge in [0, 0.05) is 13.1 Å². The van der Waals surface area contributed by atoms with Crippen molar-refractivity contribution in [3.8, 4) is 0 Å². The summed E-state index contributed by atoms with van der Waals surface area (Å²) in [4.78, 5) is 54.2. The van der Waals surface area contributed by atoms with E-state index in [-0.39, 0.29) is 5.91 Å². The summed E-state index contributed by atoms with van der Waals surface area (Å²) in [5, 5.41) is 5.54. The van der Waals surface area contributed by atoms with Crippen LogP contribution in [0, 0.1) is 0 Å². The second kappa shape index (κ2) is 7.78. The molecule has 164 valence electrons. The number of aryl methyl sites for hydroxylation is 1. The predicted molar refractivity (Wildman–Crippen MR) is 117 cm³/mol. The van der Waals surface area contributed by atoms with Gasteiger partial charge in [0.1, 0.15) is 12.1 Å². The maximum absolute atomic E-state index is 13.2. The van der Waals surface area contributed by atoms with Crippen LogP contribution in [0.4, 0.5) is 10.5 Å². The monoisotopic (exact) mass is 432 g/mol. The number of amides is 5. The Balaban J connectivity index is 1.32. The van der Waals surface area contributed by atoms with E-state index in [0.717, 1.165) is 28.9 Å². The van der Waals surface area contributed by atoms with E-state index in [2.05, 4.69) is 10.6 Å². The summed E-state index contributed by atoms with van der Waals surface area (Å²) < 4.78 is 0. The molecule has 3 aliphatic rings. The molecule has 0 aromatic heterocycles. The number of benzene rings is 2. The smallest absolute Gasteiger partial charge is 0.325 e. The molecule has 0 radical (unpaired) electrons. The minimum Gasteiger partial charge on any atom is -0.339 e. The Morgan fingerprint density at radius 2 is 1.72 bits per heavy atom. The molecule has 8 nitrogen and oxygen atoms in total. The van der Waals surface area contributed by atoms with E-state index < -0.39 is 29.9 Å². The van der Waals surface area contributed by atoms with Crippen molar-refractivity contribution in [1.82, 2.24) is 15.1 Å². The lowest BCUT2D eigenvalue weighted by atomic mass is 9.92. The molecule has 1 spiro atoms. The highest BCUT2D eigenvalue weighted by atomic mass is 16.2. The van der Waals surface area contributed by atoms with Gasteiger partial charge in [-0.25, -0.2) is 4.79 Å². The third kappa shape index (κ3) is 3.23. The molecule has 2 aromatic carbocycles. The van der Waals surface area contributed by atoms with Gasteiger partial charge in [-0.05, 0) is 48.9 Å². The number of nitrogens with one attached hydrogen (secondary N) is 2. The summed E-state index contributed by atoms with van der Waals surface area (Å²) >= 11 is 0. The summed E-state index contributed by atoms with van der Waals surface area (Å²) in [7, 11) is 0. The Bertz CT molecular complexity index is 1120. The fourth-order valence-corrected chi connectivity index (χ4v) is 4.94. The van der Waals surface area contributed by atoms with Gasteiger partial charge in [0.2, 0.25) is 5.91 Å². The highest BCUT2D eigenvalue weighted by Gasteiger charge is 2.55. The number of hydrogen-bond donors (Lipinski definition) is 2. The number of imide groups is 1. The van der Waals surface area contributed by atoms with E-state index in [9.17, 15) is 19.2 Å². The Labute approximate surface area is 185 Å². The van der Waals surface area contributed by atoms with Gasteiger partial charge in [-0.1, -0.05) is 36.4 Å². The van der Waals surface area contributed by atoms with E-state index in [4.69, 9.17) is 0 Å². The quantitative estimate of drug-likeness (QED) is 0.724. The molecule has 2 N–H and O–H groups in total. The molecule has 32 heavy (non-hydrogen) atoms. The normalized spacial score (nSPS) is 21.8. The molecule has 0 unspecified atom stereocenters. The molecule has 2 heterocycles. The molecule has 8 heteroatoms. The van der Waals surface area contributed by atoms with Crippen molar-refractivity contribution in [2.75, 3.05) is 25.0 Å². The maximum atomic E-state index is 13.2. The summed E-state index contributed by atoms with van der Waals surface area (Å²) in [6.07, 6.45) is 3.10. The first kappa shape index (κ1) is 20.2. The Morgan fingerprint density at radius 1 is 1.00 bits per heavy atom. The van der Waals surface area contributed by atoms with Crippen LogP contribution in [0.15, 0.2) is 48.5 Å². The second-order valence-electron chi connectivity index (χ2n) is 8.48. The number of nitrogens with zero attached hydrogens (tertiary/aromatic N) is 2. The number of fused-ring (bicyclic) bond motifs is 2. The Hall–Kier alpha value is -3.68. The van der Waals surface area contributed by atoms with Gasteiger partial charge in [-0.3, -0.25) is 19.3 Å². The molecular formula is C24H24N4O4. The number of rotatable bonds is 4. The van der Waals surface area contributed by atoms with Gasteiger partial charge in [-0.2, -0.15) is 0 Å². The van der Waals surface area contributed by atoms with Crippen molar-refractivity contribution in [2.45, 2.75) is 31.2 Å². The van der Waals surface area contributed by atoms with Crippen LogP contribution in [0.5, 0.6) is 0 Å². The topological polar surface area (TPSA) is 98.8 Å². The molecule has 1 atom stereocenters. The van der Waals surface area contributed by atoms with E-state index in [1.165, 1.54) is 0 Å². The number of carbonyl (C=O) groups is 4. The fraction of sp³-hybridized carbons (Fsp3) is 0.333. The van der Waals surface area contributed by atoms with Gasteiger partial charge in [-0.15, -0.1) is 0 Å². The van der Waals surface area contributed by atoms with Crippen molar-refractivity contribution in [1.29, 1.82) is 0 Å². The molecule has 5 rings (SSSR count). The molecule has 2 saturated heterocycles. The van der Waals surface area contributed by atoms with Crippen LogP contribution in [0.25, 0.3) is 0 Å². The van der Waals surface area contributed by atoms with Gasteiger partial charge >= 0.3 is 6.03 Å². The third-order valence-electron chi connectivity index (χ3n) is 6.55. The van der Waals surface area contributed by atoms with Crippen LogP contribution in [0.3, 0.4) is 0 Å². The minimum atomic E-state index is -1.10. The molecular weight excluding hydrogens is 408 g/mol. The zero-order valence-electron chi connectivity index (χ0n) is 17.6. The van der Waals surface area contributed by atoms with Crippen molar-refractivity contribution < 1.29 is 19.2 Å². The average molecular weight is 432 g/mol. The first-order chi connectivity index (χ1) is 15.5. The lowest BCUT2D eigenvalue weighted by molar-refractivity contribution is -0.134. The number of anilines is 1. The summed E-state index contributed by atoms with van der Waals surface area (Å²) in [6, 6.07) is 13.8.